The summed E-state index contributed by atoms with van der Waals surface area (Å²) >= 11 is 0. The van der Waals surface area contributed by atoms with Gasteiger partial charge in [-0.25, -0.2) is 9.37 Å². The van der Waals surface area contributed by atoms with Crippen molar-refractivity contribution in [3.63, 3.8) is 0 Å². The Morgan fingerprint density at radius 2 is 1.74 bits per heavy atom. The third kappa shape index (κ3) is 3.31. The number of benzene rings is 1. The number of aromatic nitrogens is 1. The average molecular weight is 317 g/mol. The van der Waals surface area contributed by atoms with Crippen molar-refractivity contribution in [3.05, 3.63) is 53.7 Å². The molecule has 0 bridgehead atoms. The summed E-state index contributed by atoms with van der Waals surface area (Å²) in [5.74, 6) is -0.458. The molecule has 0 saturated carbocycles. The molecule has 0 N–H and O–H groups in total. The second kappa shape index (κ2) is 6.32. The minimum atomic E-state index is -0.504. The standard InChI is InChI=1S/C17H17F2N3O/c1-12(23)13-5-6-15(14(18)11-13)21-7-9-22(10-8-21)17-4-2-3-16(19)20-17/h2-6,11H,7-10H2,1H3. The number of hydrogen-bond donors (Lipinski definition) is 0. The monoisotopic (exact) mass is 317 g/mol. The lowest BCUT2D eigenvalue weighted by atomic mass is 10.1. The highest BCUT2D eigenvalue weighted by atomic mass is 19.1. The molecule has 0 unspecified atom stereocenters. The molecule has 0 radical (unpaired) electrons. The molecule has 0 spiro atoms. The Morgan fingerprint density at radius 3 is 2.35 bits per heavy atom. The van der Waals surface area contributed by atoms with Crippen molar-refractivity contribution in [3.8, 4) is 0 Å². The number of pyridine rings is 1. The average Bonchev–Trinajstić information content (AvgIpc) is 2.55. The summed E-state index contributed by atoms with van der Waals surface area (Å²) in [6, 6.07) is 9.26. The van der Waals surface area contributed by atoms with E-state index in [-0.39, 0.29) is 5.78 Å². The van der Waals surface area contributed by atoms with E-state index >= 15 is 0 Å². The molecule has 0 atom stereocenters. The van der Waals surface area contributed by atoms with Crippen LogP contribution in [-0.4, -0.2) is 36.9 Å². The summed E-state index contributed by atoms with van der Waals surface area (Å²) in [5.41, 5.74) is 0.857. The third-order valence-electron chi connectivity index (χ3n) is 4.00. The molecule has 0 amide bonds. The molecule has 3 rings (SSSR count). The van der Waals surface area contributed by atoms with Crippen LogP contribution in [0, 0.1) is 11.8 Å². The number of halogens is 2. The highest BCUT2D eigenvalue weighted by molar-refractivity contribution is 5.94. The van der Waals surface area contributed by atoms with Crippen LogP contribution in [0.25, 0.3) is 0 Å². The maximum Gasteiger partial charge on any atom is 0.214 e. The van der Waals surface area contributed by atoms with Crippen LogP contribution in [0.3, 0.4) is 0 Å². The minimum Gasteiger partial charge on any atom is -0.366 e. The molecule has 1 fully saturated rings. The van der Waals surface area contributed by atoms with Crippen LogP contribution in [0.4, 0.5) is 20.3 Å². The number of anilines is 2. The Balaban J connectivity index is 1.70. The minimum absolute atomic E-state index is 0.155. The molecule has 4 nitrogen and oxygen atoms in total. The van der Waals surface area contributed by atoms with Crippen molar-refractivity contribution >= 4 is 17.3 Å². The van der Waals surface area contributed by atoms with Gasteiger partial charge in [0.25, 0.3) is 0 Å². The maximum atomic E-state index is 14.2. The van der Waals surface area contributed by atoms with Gasteiger partial charge in [0.15, 0.2) is 5.78 Å². The van der Waals surface area contributed by atoms with Gasteiger partial charge in [0.1, 0.15) is 11.6 Å². The molecule has 1 saturated heterocycles. The number of Topliss-reactive ketones (excluding diaryl/α,β-unsaturated/α-hetero) is 1. The predicted molar refractivity (Wildman–Crippen MR) is 85.0 cm³/mol. The van der Waals surface area contributed by atoms with E-state index in [1.807, 2.05) is 9.80 Å². The number of carbonyl (C=O) groups excluding carboxylic acids is 1. The normalized spacial score (nSPS) is 14.9. The van der Waals surface area contributed by atoms with Gasteiger partial charge in [0, 0.05) is 31.7 Å². The van der Waals surface area contributed by atoms with Gasteiger partial charge in [-0.1, -0.05) is 6.07 Å². The zero-order chi connectivity index (χ0) is 16.4. The fraction of sp³-hybridized carbons (Fsp3) is 0.294. The lowest BCUT2D eigenvalue weighted by molar-refractivity contribution is 0.101. The fourth-order valence-electron chi connectivity index (χ4n) is 2.73. The number of nitrogens with zero attached hydrogens (tertiary/aromatic N) is 3. The molecule has 1 aliphatic heterocycles. The number of ketones is 1. The van der Waals surface area contributed by atoms with Crippen molar-refractivity contribution in [2.45, 2.75) is 6.92 Å². The summed E-state index contributed by atoms with van der Waals surface area (Å²) < 4.78 is 27.4. The second-order valence-corrected chi connectivity index (χ2v) is 5.51. The SMILES string of the molecule is CC(=O)c1ccc(N2CCN(c3cccc(F)n3)CC2)c(F)c1. The van der Waals surface area contributed by atoms with Crippen LogP contribution in [-0.2, 0) is 0 Å². The number of hydrogen-bond acceptors (Lipinski definition) is 4. The Hall–Kier alpha value is -2.50. The van der Waals surface area contributed by atoms with Crippen LogP contribution in [0.2, 0.25) is 0 Å². The molecule has 0 aliphatic carbocycles. The van der Waals surface area contributed by atoms with Crippen molar-refractivity contribution in [2.75, 3.05) is 36.0 Å². The van der Waals surface area contributed by atoms with E-state index in [9.17, 15) is 13.6 Å². The Kier molecular flexibility index (Phi) is 4.23. The fourth-order valence-corrected chi connectivity index (χ4v) is 2.73. The lowest BCUT2D eigenvalue weighted by Crippen LogP contribution is -2.47. The van der Waals surface area contributed by atoms with Crippen LogP contribution in [0.15, 0.2) is 36.4 Å². The lowest BCUT2D eigenvalue weighted by Gasteiger charge is -2.36. The third-order valence-corrected chi connectivity index (χ3v) is 4.00. The van der Waals surface area contributed by atoms with Gasteiger partial charge in [-0.2, -0.15) is 4.39 Å². The van der Waals surface area contributed by atoms with E-state index in [0.717, 1.165) is 0 Å². The number of carbonyl (C=O) groups is 1. The van der Waals surface area contributed by atoms with Crippen molar-refractivity contribution < 1.29 is 13.6 Å². The topological polar surface area (TPSA) is 36.4 Å². The van der Waals surface area contributed by atoms with Gasteiger partial charge in [-0.3, -0.25) is 4.79 Å². The molecular formula is C17H17F2N3O. The van der Waals surface area contributed by atoms with Gasteiger partial charge in [0.2, 0.25) is 5.95 Å². The van der Waals surface area contributed by atoms with E-state index < -0.39 is 11.8 Å². The van der Waals surface area contributed by atoms with E-state index in [4.69, 9.17) is 0 Å². The number of piperazine rings is 1. The summed E-state index contributed by atoms with van der Waals surface area (Å²) in [4.78, 5) is 19.1. The first-order chi connectivity index (χ1) is 11.0. The van der Waals surface area contributed by atoms with E-state index in [0.29, 0.717) is 43.2 Å². The van der Waals surface area contributed by atoms with Gasteiger partial charge in [0.05, 0.1) is 5.69 Å². The Bertz CT molecular complexity index is 728. The molecule has 2 heterocycles. The van der Waals surface area contributed by atoms with Gasteiger partial charge >= 0.3 is 0 Å². The van der Waals surface area contributed by atoms with E-state index in [1.54, 1.807) is 24.3 Å². The maximum absolute atomic E-state index is 14.2. The van der Waals surface area contributed by atoms with Gasteiger partial charge in [-0.05, 0) is 37.3 Å². The summed E-state index contributed by atoms with van der Waals surface area (Å²) in [6.45, 7) is 3.89. The molecule has 6 heteroatoms. The van der Waals surface area contributed by atoms with Crippen LogP contribution in [0.5, 0.6) is 0 Å². The molecule has 23 heavy (non-hydrogen) atoms. The zero-order valence-corrected chi connectivity index (χ0v) is 12.8. The van der Waals surface area contributed by atoms with Crippen molar-refractivity contribution in [1.82, 2.24) is 4.98 Å². The zero-order valence-electron chi connectivity index (χ0n) is 12.8. The van der Waals surface area contributed by atoms with Crippen LogP contribution in [0.1, 0.15) is 17.3 Å². The molecule has 1 aromatic heterocycles. The Morgan fingerprint density at radius 1 is 1.04 bits per heavy atom. The first kappa shape index (κ1) is 15.4. The molecule has 120 valence electrons. The summed E-state index contributed by atoms with van der Waals surface area (Å²) in [5, 5.41) is 0. The predicted octanol–water partition coefficient (Wildman–Crippen LogP) is 2.89. The highest BCUT2D eigenvalue weighted by Crippen LogP contribution is 2.23. The summed E-state index contributed by atoms with van der Waals surface area (Å²) in [6.07, 6.45) is 0. The van der Waals surface area contributed by atoms with Crippen LogP contribution < -0.4 is 9.80 Å². The molecular weight excluding hydrogens is 300 g/mol. The van der Waals surface area contributed by atoms with Crippen molar-refractivity contribution in [2.24, 2.45) is 0 Å². The molecule has 2 aromatic rings. The first-order valence-electron chi connectivity index (χ1n) is 7.47. The largest absolute Gasteiger partial charge is 0.366 e. The second-order valence-electron chi connectivity index (χ2n) is 5.51. The highest BCUT2D eigenvalue weighted by Gasteiger charge is 2.21. The van der Waals surface area contributed by atoms with E-state index in [1.165, 1.54) is 19.1 Å². The first-order valence-corrected chi connectivity index (χ1v) is 7.47. The summed E-state index contributed by atoms with van der Waals surface area (Å²) in [7, 11) is 0. The van der Waals surface area contributed by atoms with Gasteiger partial charge < -0.3 is 9.80 Å². The smallest absolute Gasteiger partial charge is 0.214 e. The van der Waals surface area contributed by atoms with E-state index in [2.05, 4.69) is 4.98 Å². The molecule has 1 aromatic carbocycles. The van der Waals surface area contributed by atoms with Crippen molar-refractivity contribution in [1.29, 1.82) is 0 Å². The van der Waals surface area contributed by atoms with Crippen LogP contribution >= 0.6 is 0 Å². The molecule has 1 aliphatic rings. The number of rotatable bonds is 3. The Labute approximate surface area is 133 Å². The van der Waals surface area contributed by atoms with Gasteiger partial charge in [-0.15, -0.1) is 0 Å². The quantitative estimate of drug-likeness (QED) is 0.644.